The van der Waals surface area contributed by atoms with Crippen molar-refractivity contribution in [2.75, 3.05) is 14.2 Å². The first-order valence-corrected chi connectivity index (χ1v) is 6.39. The summed E-state index contributed by atoms with van der Waals surface area (Å²) in [7, 11) is 5.74. The van der Waals surface area contributed by atoms with Crippen LogP contribution in [0.2, 0.25) is 0 Å². The highest BCUT2D eigenvalue weighted by Gasteiger charge is 2.19. The molecule has 0 aliphatic heterocycles. The zero-order valence-electron chi connectivity index (χ0n) is 10.5. The summed E-state index contributed by atoms with van der Waals surface area (Å²) < 4.78 is 8.74. The van der Waals surface area contributed by atoms with Crippen LogP contribution in [-0.4, -0.2) is 18.7 Å². The smallest absolute Gasteiger partial charge is 0.143 e. The molecule has 2 aromatic rings. The minimum Gasteiger partial charge on any atom is -0.495 e. The van der Waals surface area contributed by atoms with E-state index in [1.54, 1.807) is 7.11 Å². The topological polar surface area (TPSA) is 26.2 Å². The van der Waals surface area contributed by atoms with Crippen molar-refractivity contribution in [3.05, 3.63) is 28.4 Å². The van der Waals surface area contributed by atoms with Crippen LogP contribution < -0.4 is 10.1 Å². The summed E-state index contributed by atoms with van der Waals surface area (Å²) in [4.78, 5) is 0. The molecule has 0 aliphatic carbocycles. The van der Waals surface area contributed by atoms with E-state index in [4.69, 9.17) is 4.74 Å². The van der Waals surface area contributed by atoms with Crippen LogP contribution in [0.5, 0.6) is 5.75 Å². The number of fused-ring (bicyclic) bond motifs is 1. The molecule has 0 bridgehead atoms. The lowest BCUT2D eigenvalue weighted by molar-refractivity contribution is 0.417. The summed E-state index contributed by atoms with van der Waals surface area (Å²) in [6, 6.07) is 6.39. The number of aryl methyl sites for hydroxylation is 1. The van der Waals surface area contributed by atoms with Crippen LogP contribution in [0.15, 0.2) is 22.7 Å². The highest BCUT2D eigenvalue weighted by molar-refractivity contribution is 9.10. The number of nitrogens with one attached hydrogen (secondary N) is 1. The van der Waals surface area contributed by atoms with E-state index in [0.717, 1.165) is 15.7 Å². The van der Waals surface area contributed by atoms with Gasteiger partial charge in [-0.3, -0.25) is 0 Å². The predicted octanol–water partition coefficient (Wildman–Crippen LogP) is 3.23. The molecule has 1 atom stereocenters. The summed E-state index contributed by atoms with van der Waals surface area (Å²) in [6.45, 7) is 2.14. The molecule has 1 N–H and O–H groups in total. The molecule has 1 aromatic heterocycles. The maximum absolute atomic E-state index is 5.43. The molecule has 0 saturated heterocycles. The zero-order chi connectivity index (χ0) is 12.6. The Morgan fingerprint density at radius 2 is 2.12 bits per heavy atom. The number of methoxy groups -OCH3 is 1. The summed E-state index contributed by atoms with van der Waals surface area (Å²) >= 11 is 3.69. The number of halogens is 1. The van der Waals surface area contributed by atoms with Crippen LogP contribution in [0.1, 0.15) is 18.7 Å². The van der Waals surface area contributed by atoms with Gasteiger partial charge in [-0.15, -0.1) is 0 Å². The van der Waals surface area contributed by atoms with Crippen molar-refractivity contribution in [2.24, 2.45) is 7.05 Å². The van der Waals surface area contributed by atoms with Crippen LogP contribution in [0.3, 0.4) is 0 Å². The fourth-order valence-electron chi connectivity index (χ4n) is 2.23. The zero-order valence-corrected chi connectivity index (χ0v) is 12.1. The first kappa shape index (κ1) is 12.5. The Hall–Kier alpha value is -1.00. The number of rotatable bonds is 3. The molecular formula is C13H17BrN2O. The summed E-state index contributed by atoms with van der Waals surface area (Å²) in [5.74, 6) is 0.903. The minimum atomic E-state index is 0.284. The summed E-state index contributed by atoms with van der Waals surface area (Å²) in [5.41, 5.74) is 2.35. The Balaban J connectivity index is 2.80. The molecule has 3 nitrogen and oxygen atoms in total. The van der Waals surface area contributed by atoms with Crippen molar-refractivity contribution in [3.63, 3.8) is 0 Å². The van der Waals surface area contributed by atoms with Gasteiger partial charge in [0.15, 0.2) is 0 Å². The lowest BCUT2D eigenvalue weighted by Gasteiger charge is -2.13. The van der Waals surface area contributed by atoms with E-state index in [1.807, 2.05) is 19.2 Å². The fourth-order valence-corrected chi connectivity index (χ4v) is 3.16. The molecule has 0 radical (unpaired) electrons. The Labute approximate surface area is 110 Å². The third-order valence-electron chi connectivity index (χ3n) is 3.22. The van der Waals surface area contributed by atoms with Gasteiger partial charge in [-0.05, 0) is 36.0 Å². The van der Waals surface area contributed by atoms with Crippen molar-refractivity contribution in [3.8, 4) is 5.75 Å². The van der Waals surface area contributed by atoms with Gasteiger partial charge in [0, 0.05) is 28.6 Å². The van der Waals surface area contributed by atoms with Gasteiger partial charge < -0.3 is 14.6 Å². The van der Waals surface area contributed by atoms with E-state index in [2.05, 4.69) is 45.9 Å². The van der Waals surface area contributed by atoms with E-state index in [0.29, 0.717) is 0 Å². The molecule has 0 spiro atoms. The molecule has 0 amide bonds. The van der Waals surface area contributed by atoms with E-state index in [1.165, 1.54) is 11.1 Å². The number of ether oxygens (including phenoxy) is 1. The number of hydrogen-bond donors (Lipinski definition) is 1. The van der Waals surface area contributed by atoms with Crippen molar-refractivity contribution in [1.82, 2.24) is 9.88 Å². The molecule has 1 heterocycles. The van der Waals surface area contributed by atoms with Crippen molar-refractivity contribution in [1.29, 1.82) is 0 Å². The molecule has 4 heteroatoms. The molecule has 0 aliphatic rings. The molecule has 92 valence electrons. The van der Waals surface area contributed by atoms with Crippen molar-refractivity contribution >= 4 is 26.8 Å². The van der Waals surface area contributed by atoms with Crippen LogP contribution in [0, 0.1) is 0 Å². The Morgan fingerprint density at radius 3 is 2.71 bits per heavy atom. The predicted molar refractivity (Wildman–Crippen MR) is 74.6 cm³/mol. The van der Waals surface area contributed by atoms with Crippen LogP contribution in [0.4, 0.5) is 0 Å². The Bertz CT molecular complexity index is 548. The van der Waals surface area contributed by atoms with Gasteiger partial charge in [0.1, 0.15) is 5.75 Å². The van der Waals surface area contributed by atoms with Crippen molar-refractivity contribution in [2.45, 2.75) is 13.0 Å². The van der Waals surface area contributed by atoms with E-state index >= 15 is 0 Å². The normalized spacial score (nSPS) is 13.0. The highest BCUT2D eigenvalue weighted by Crippen LogP contribution is 2.37. The highest BCUT2D eigenvalue weighted by atomic mass is 79.9. The van der Waals surface area contributed by atoms with Gasteiger partial charge in [0.05, 0.1) is 12.6 Å². The SMILES string of the molecule is CNC(C)c1c(Br)c2cccc(OC)c2n1C. The number of aromatic nitrogens is 1. The second-order valence-electron chi connectivity index (χ2n) is 4.13. The second kappa shape index (κ2) is 4.70. The fraction of sp³-hybridized carbons (Fsp3) is 0.385. The van der Waals surface area contributed by atoms with Gasteiger partial charge in [0.2, 0.25) is 0 Å². The van der Waals surface area contributed by atoms with E-state index < -0.39 is 0 Å². The summed E-state index contributed by atoms with van der Waals surface area (Å²) in [5, 5.41) is 4.45. The standard InChI is InChI=1S/C13H17BrN2O/c1-8(15-2)12-11(14)9-6-5-7-10(17-4)13(9)16(12)3/h5-8,15H,1-4H3. The first-order chi connectivity index (χ1) is 8.11. The van der Waals surface area contributed by atoms with Gasteiger partial charge in [-0.1, -0.05) is 12.1 Å². The first-order valence-electron chi connectivity index (χ1n) is 5.59. The molecule has 0 saturated carbocycles. The van der Waals surface area contributed by atoms with Crippen LogP contribution in [-0.2, 0) is 7.05 Å². The number of nitrogens with zero attached hydrogens (tertiary/aromatic N) is 1. The summed E-state index contributed by atoms with van der Waals surface area (Å²) in [6.07, 6.45) is 0. The lowest BCUT2D eigenvalue weighted by Crippen LogP contribution is -2.16. The number of para-hydroxylation sites is 1. The number of benzene rings is 1. The van der Waals surface area contributed by atoms with Crippen molar-refractivity contribution < 1.29 is 4.74 Å². The van der Waals surface area contributed by atoms with Crippen LogP contribution in [0.25, 0.3) is 10.9 Å². The third kappa shape index (κ3) is 1.85. The molecule has 0 fully saturated rings. The molecular weight excluding hydrogens is 280 g/mol. The maximum atomic E-state index is 5.43. The third-order valence-corrected chi connectivity index (χ3v) is 4.05. The maximum Gasteiger partial charge on any atom is 0.143 e. The quantitative estimate of drug-likeness (QED) is 0.941. The minimum absolute atomic E-state index is 0.284. The lowest BCUT2D eigenvalue weighted by atomic mass is 10.2. The van der Waals surface area contributed by atoms with E-state index in [9.17, 15) is 0 Å². The molecule has 1 aromatic carbocycles. The average molecular weight is 297 g/mol. The Morgan fingerprint density at radius 1 is 1.41 bits per heavy atom. The van der Waals surface area contributed by atoms with Gasteiger partial charge in [-0.25, -0.2) is 0 Å². The van der Waals surface area contributed by atoms with Gasteiger partial charge >= 0.3 is 0 Å². The monoisotopic (exact) mass is 296 g/mol. The molecule has 2 rings (SSSR count). The van der Waals surface area contributed by atoms with E-state index in [-0.39, 0.29) is 6.04 Å². The Kier molecular flexibility index (Phi) is 3.45. The average Bonchev–Trinajstić information content (AvgIpc) is 2.61. The van der Waals surface area contributed by atoms with Gasteiger partial charge in [0.25, 0.3) is 0 Å². The largest absolute Gasteiger partial charge is 0.495 e. The molecule has 1 unspecified atom stereocenters. The van der Waals surface area contributed by atoms with Gasteiger partial charge in [-0.2, -0.15) is 0 Å². The van der Waals surface area contributed by atoms with Crippen LogP contribution >= 0.6 is 15.9 Å². The molecule has 17 heavy (non-hydrogen) atoms. The second-order valence-corrected chi connectivity index (χ2v) is 4.92. The number of hydrogen-bond acceptors (Lipinski definition) is 2.